The van der Waals surface area contributed by atoms with Gasteiger partial charge in [-0.05, 0) is 13.3 Å². The predicted molar refractivity (Wildman–Crippen MR) is 67.6 cm³/mol. The lowest BCUT2D eigenvalue weighted by atomic mass is 10.2. The Morgan fingerprint density at radius 1 is 1.17 bits per heavy atom. The summed E-state index contributed by atoms with van der Waals surface area (Å²) in [7, 11) is 0. The van der Waals surface area contributed by atoms with E-state index in [-0.39, 0.29) is 37.2 Å². The van der Waals surface area contributed by atoms with Crippen molar-refractivity contribution >= 4 is 41.0 Å². The van der Waals surface area contributed by atoms with Gasteiger partial charge in [0.25, 0.3) is 0 Å². The Labute approximate surface area is 115 Å². The van der Waals surface area contributed by atoms with Crippen LogP contribution in [-0.4, -0.2) is 48.7 Å². The minimum atomic E-state index is -0.827. The van der Waals surface area contributed by atoms with E-state index in [1.807, 2.05) is 0 Å². The van der Waals surface area contributed by atoms with Gasteiger partial charge in [-0.25, -0.2) is 4.79 Å². The van der Waals surface area contributed by atoms with Gasteiger partial charge in [0, 0.05) is 6.54 Å². The summed E-state index contributed by atoms with van der Waals surface area (Å²) < 4.78 is 4.80. The van der Waals surface area contributed by atoms with Gasteiger partial charge in [-0.3, -0.25) is 9.59 Å². The van der Waals surface area contributed by atoms with E-state index in [9.17, 15) is 14.4 Å². The number of amides is 2. The number of carbonyl (C=O) groups is 3. The molecule has 0 spiro atoms. The number of halogens is 2. The second kappa shape index (κ2) is 9.96. The highest BCUT2D eigenvalue weighted by atomic mass is 35.5. The maximum absolute atomic E-state index is 11.5. The molecule has 1 unspecified atom stereocenters. The average molecular weight is 299 g/mol. The molecule has 0 saturated heterocycles. The van der Waals surface area contributed by atoms with Gasteiger partial charge in [-0.15, -0.1) is 23.2 Å². The molecule has 6 nitrogen and oxygen atoms in total. The van der Waals surface area contributed by atoms with Crippen LogP contribution in [-0.2, 0) is 19.1 Å². The second-order valence-electron chi connectivity index (χ2n) is 3.28. The van der Waals surface area contributed by atoms with Crippen LogP contribution in [0.15, 0.2) is 0 Å². The zero-order chi connectivity index (χ0) is 14.0. The molecule has 0 aromatic carbocycles. The summed E-state index contributed by atoms with van der Waals surface area (Å²) >= 11 is 10.6. The highest BCUT2D eigenvalue weighted by Gasteiger charge is 2.21. The molecule has 18 heavy (non-hydrogen) atoms. The quantitative estimate of drug-likeness (QED) is 0.489. The summed E-state index contributed by atoms with van der Waals surface area (Å²) in [6, 6.07) is -0.827. The lowest BCUT2D eigenvalue weighted by molar-refractivity contribution is -0.147. The molecule has 0 radical (unpaired) electrons. The maximum atomic E-state index is 11.5. The largest absolute Gasteiger partial charge is 0.464 e. The van der Waals surface area contributed by atoms with Crippen LogP contribution < -0.4 is 10.6 Å². The van der Waals surface area contributed by atoms with E-state index >= 15 is 0 Å². The highest BCUT2D eigenvalue weighted by Crippen LogP contribution is 1.96. The van der Waals surface area contributed by atoms with Gasteiger partial charge in [-0.1, -0.05) is 0 Å². The molecule has 0 aromatic rings. The molecule has 0 aromatic heterocycles. The highest BCUT2D eigenvalue weighted by molar-refractivity contribution is 6.27. The van der Waals surface area contributed by atoms with Crippen molar-refractivity contribution in [2.24, 2.45) is 0 Å². The zero-order valence-corrected chi connectivity index (χ0v) is 11.5. The van der Waals surface area contributed by atoms with E-state index < -0.39 is 17.9 Å². The fraction of sp³-hybridized carbons (Fsp3) is 0.700. The molecule has 8 heteroatoms. The Morgan fingerprint density at radius 2 is 1.78 bits per heavy atom. The molecule has 0 aliphatic rings. The number of hydrogen-bond donors (Lipinski definition) is 2. The third-order valence-corrected chi connectivity index (χ3v) is 2.39. The third-order valence-electron chi connectivity index (χ3n) is 1.90. The Bertz CT molecular complexity index is 300. The van der Waals surface area contributed by atoms with Crippen LogP contribution in [0.4, 0.5) is 0 Å². The second-order valence-corrected chi connectivity index (χ2v) is 3.81. The minimum Gasteiger partial charge on any atom is -0.464 e. The Kier molecular flexibility index (Phi) is 9.40. The van der Waals surface area contributed by atoms with Crippen LogP contribution in [0, 0.1) is 0 Å². The van der Waals surface area contributed by atoms with E-state index in [0.29, 0.717) is 0 Å². The van der Waals surface area contributed by atoms with Gasteiger partial charge >= 0.3 is 5.97 Å². The molecule has 2 amide bonds. The first-order chi connectivity index (χ1) is 8.54. The molecule has 0 fully saturated rings. The summed E-state index contributed by atoms with van der Waals surface area (Å²) in [4.78, 5) is 33.5. The molecule has 0 aliphatic heterocycles. The van der Waals surface area contributed by atoms with Crippen molar-refractivity contribution in [2.75, 3.05) is 24.9 Å². The maximum Gasteiger partial charge on any atom is 0.328 e. The lowest BCUT2D eigenvalue weighted by Crippen LogP contribution is -2.44. The first kappa shape index (κ1) is 17.0. The fourth-order valence-corrected chi connectivity index (χ4v) is 1.30. The molecule has 104 valence electrons. The number of carbonyl (C=O) groups excluding carboxylic acids is 3. The Hall–Kier alpha value is -1.01. The van der Waals surface area contributed by atoms with Crippen LogP contribution in [0.2, 0.25) is 0 Å². The third kappa shape index (κ3) is 7.34. The van der Waals surface area contributed by atoms with Crippen LogP contribution in [0.25, 0.3) is 0 Å². The summed E-state index contributed by atoms with van der Waals surface area (Å²) in [6.45, 7) is 2.07. The van der Waals surface area contributed by atoms with E-state index in [1.54, 1.807) is 6.92 Å². The summed E-state index contributed by atoms with van der Waals surface area (Å²) in [5.74, 6) is -1.78. The molecule has 0 aliphatic carbocycles. The van der Waals surface area contributed by atoms with Gasteiger partial charge in [0.05, 0.1) is 6.61 Å². The van der Waals surface area contributed by atoms with Gasteiger partial charge in [-0.2, -0.15) is 0 Å². The van der Waals surface area contributed by atoms with Gasteiger partial charge in [0.1, 0.15) is 17.8 Å². The molecular weight excluding hydrogens is 283 g/mol. The Balaban J connectivity index is 4.24. The van der Waals surface area contributed by atoms with Crippen molar-refractivity contribution < 1.29 is 19.1 Å². The predicted octanol–water partition coefficient (Wildman–Crippen LogP) is 0.0182. The number of esters is 1. The van der Waals surface area contributed by atoms with Crippen LogP contribution in [0.3, 0.4) is 0 Å². The van der Waals surface area contributed by atoms with Crippen molar-refractivity contribution in [3.8, 4) is 0 Å². The Morgan fingerprint density at radius 3 is 2.28 bits per heavy atom. The summed E-state index contributed by atoms with van der Waals surface area (Å²) in [5, 5.41) is 4.90. The molecular formula is C10H16Cl2N2O4. The molecule has 1 atom stereocenters. The smallest absolute Gasteiger partial charge is 0.328 e. The number of alkyl halides is 2. The number of rotatable bonds is 8. The van der Waals surface area contributed by atoms with Crippen LogP contribution in [0.1, 0.15) is 13.3 Å². The molecule has 0 rings (SSSR count). The van der Waals surface area contributed by atoms with Gasteiger partial charge < -0.3 is 15.4 Å². The van der Waals surface area contributed by atoms with Crippen molar-refractivity contribution in [2.45, 2.75) is 19.4 Å². The average Bonchev–Trinajstić information content (AvgIpc) is 2.37. The first-order valence-corrected chi connectivity index (χ1v) is 6.46. The topological polar surface area (TPSA) is 84.5 Å². The lowest BCUT2D eigenvalue weighted by Gasteiger charge is -2.16. The van der Waals surface area contributed by atoms with Crippen molar-refractivity contribution in [3.05, 3.63) is 0 Å². The normalized spacial score (nSPS) is 11.5. The number of hydrogen-bond acceptors (Lipinski definition) is 4. The van der Waals surface area contributed by atoms with Gasteiger partial charge in [0.2, 0.25) is 11.8 Å². The number of nitrogens with one attached hydrogen (secondary N) is 2. The first-order valence-electron chi connectivity index (χ1n) is 5.39. The van der Waals surface area contributed by atoms with E-state index in [1.165, 1.54) is 0 Å². The monoisotopic (exact) mass is 298 g/mol. The van der Waals surface area contributed by atoms with E-state index in [2.05, 4.69) is 10.6 Å². The van der Waals surface area contributed by atoms with E-state index in [4.69, 9.17) is 27.9 Å². The molecule has 0 bridgehead atoms. The summed E-state index contributed by atoms with van der Waals surface area (Å²) in [6.07, 6.45) is 0.212. The van der Waals surface area contributed by atoms with Crippen LogP contribution in [0.5, 0.6) is 0 Å². The molecule has 0 saturated carbocycles. The molecule has 0 heterocycles. The van der Waals surface area contributed by atoms with Crippen LogP contribution >= 0.6 is 23.2 Å². The van der Waals surface area contributed by atoms with Crippen molar-refractivity contribution in [1.29, 1.82) is 0 Å². The van der Waals surface area contributed by atoms with Gasteiger partial charge in [0.15, 0.2) is 0 Å². The standard InChI is InChI=1S/C10H16Cl2N2O4/c1-2-18-10(17)7(14-9(16)6-12)3-4-13-8(15)5-11/h7H,2-6H2,1H3,(H,13,15)(H,14,16). The van der Waals surface area contributed by atoms with Crippen molar-refractivity contribution in [1.82, 2.24) is 10.6 Å². The SMILES string of the molecule is CCOC(=O)C(CCNC(=O)CCl)NC(=O)CCl. The minimum absolute atomic E-state index is 0.155. The zero-order valence-electron chi connectivity index (χ0n) is 10.0. The number of ether oxygens (including phenoxy) is 1. The molecule has 2 N–H and O–H groups in total. The van der Waals surface area contributed by atoms with E-state index in [0.717, 1.165) is 0 Å². The summed E-state index contributed by atoms with van der Waals surface area (Å²) in [5.41, 5.74) is 0. The van der Waals surface area contributed by atoms with Crippen molar-refractivity contribution in [3.63, 3.8) is 0 Å². The fourth-order valence-electron chi connectivity index (χ4n) is 1.13.